The van der Waals surface area contributed by atoms with Gasteiger partial charge in [0.05, 0.1) is 23.9 Å². The fourth-order valence-corrected chi connectivity index (χ4v) is 5.46. The molecule has 0 aliphatic carbocycles. The van der Waals surface area contributed by atoms with Crippen molar-refractivity contribution in [2.75, 3.05) is 33.2 Å². The Bertz CT molecular complexity index is 1190. The smallest absolute Gasteiger partial charge is 0.322 e. The summed E-state index contributed by atoms with van der Waals surface area (Å²) in [6.07, 6.45) is 1.74. The standard InChI is InChI=1S/C27H30ClN5O3/c1-31-22-16-33(26(35)24(22)25(30-27(31)36)20-9-5-6-10-21(20)28)17-23(34)29-19-11-13-32(14-12-19)15-18-7-3-2-4-8-18/h2-10,19,25H,11-17H2,1H3,(H,29,34)(H,30,36). The van der Waals surface area contributed by atoms with Crippen LogP contribution in [0.4, 0.5) is 4.79 Å². The number of nitrogens with one attached hydrogen (secondary N) is 2. The number of amides is 4. The van der Waals surface area contributed by atoms with Crippen LogP contribution >= 0.6 is 11.6 Å². The van der Waals surface area contributed by atoms with E-state index in [4.69, 9.17) is 11.6 Å². The Balaban J connectivity index is 1.19. The van der Waals surface area contributed by atoms with Crippen LogP contribution in [0.15, 0.2) is 65.9 Å². The van der Waals surface area contributed by atoms with Gasteiger partial charge in [0, 0.05) is 37.7 Å². The predicted molar refractivity (Wildman–Crippen MR) is 137 cm³/mol. The van der Waals surface area contributed by atoms with E-state index in [1.165, 1.54) is 15.4 Å². The van der Waals surface area contributed by atoms with E-state index in [9.17, 15) is 14.4 Å². The molecule has 8 nitrogen and oxygen atoms in total. The number of rotatable bonds is 6. The molecule has 1 fully saturated rings. The van der Waals surface area contributed by atoms with Crippen molar-refractivity contribution < 1.29 is 14.4 Å². The summed E-state index contributed by atoms with van der Waals surface area (Å²) in [6.45, 7) is 2.90. The van der Waals surface area contributed by atoms with E-state index >= 15 is 0 Å². The summed E-state index contributed by atoms with van der Waals surface area (Å²) in [4.78, 5) is 44.2. The average Bonchev–Trinajstić information content (AvgIpc) is 3.20. The van der Waals surface area contributed by atoms with Crippen molar-refractivity contribution in [2.45, 2.75) is 31.5 Å². The van der Waals surface area contributed by atoms with Gasteiger partial charge < -0.3 is 15.5 Å². The van der Waals surface area contributed by atoms with Crippen molar-refractivity contribution in [2.24, 2.45) is 0 Å². The fraction of sp³-hybridized carbons (Fsp3) is 0.370. The Labute approximate surface area is 215 Å². The molecule has 9 heteroatoms. The van der Waals surface area contributed by atoms with Crippen LogP contribution in [0.1, 0.15) is 30.0 Å². The van der Waals surface area contributed by atoms with Crippen LogP contribution < -0.4 is 10.6 Å². The zero-order valence-electron chi connectivity index (χ0n) is 20.2. The molecule has 2 N–H and O–H groups in total. The molecule has 36 heavy (non-hydrogen) atoms. The van der Waals surface area contributed by atoms with Gasteiger partial charge in [0.1, 0.15) is 6.54 Å². The van der Waals surface area contributed by atoms with Crippen molar-refractivity contribution in [1.29, 1.82) is 0 Å². The van der Waals surface area contributed by atoms with Crippen molar-refractivity contribution in [3.05, 3.63) is 82.0 Å². The van der Waals surface area contributed by atoms with Crippen molar-refractivity contribution in [1.82, 2.24) is 25.3 Å². The van der Waals surface area contributed by atoms with Gasteiger partial charge in [-0.15, -0.1) is 0 Å². The summed E-state index contributed by atoms with van der Waals surface area (Å²) >= 11 is 6.38. The highest BCUT2D eigenvalue weighted by Crippen LogP contribution is 2.37. The molecule has 1 saturated heterocycles. The average molecular weight is 508 g/mol. The molecule has 3 aliphatic heterocycles. The first kappa shape index (κ1) is 24.3. The molecule has 1 atom stereocenters. The largest absolute Gasteiger partial charge is 0.352 e. The molecule has 4 amide bonds. The Morgan fingerprint density at radius 3 is 2.47 bits per heavy atom. The third-order valence-corrected chi connectivity index (χ3v) is 7.53. The van der Waals surface area contributed by atoms with E-state index in [1.54, 1.807) is 25.2 Å². The normalized spacial score (nSPS) is 21.0. The first-order chi connectivity index (χ1) is 17.4. The topological polar surface area (TPSA) is 85.0 Å². The van der Waals surface area contributed by atoms with E-state index in [2.05, 4.69) is 39.8 Å². The minimum absolute atomic E-state index is 0.0483. The lowest BCUT2D eigenvalue weighted by atomic mass is 9.96. The van der Waals surface area contributed by atoms with Gasteiger partial charge in [0.15, 0.2) is 0 Å². The number of urea groups is 1. The van der Waals surface area contributed by atoms with Gasteiger partial charge in [-0.25, -0.2) is 4.79 Å². The van der Waals surface area contributed by atoms with Crippen LogP contribution in [0.3, 0.4) is 0 Å². The molecular weight excluding hydrogens is 478 g/mol. The highest BCUT2D eigenvalue weighted by atomic mass is 35.5. The van der Waals surface area contributed by atoms with E-state index < -0.39 is 6.04 Å². The minimum Gasteiger partial charge on any atom is -0.352 e. The van der Waals surface area contributed by atoms with Crippen LogP contribution in [0.2, 0.25) is 5.02 Å². The summed E-state index contributed by atoms with van der Waals surface area (Å²) in [5.41, 5.74) is 3.02. The monoisotopic (exact) mass is 507 g/mol. The number of likely N-dealkylation sites (tertiary alicyclic amines) is 1. The number of carbonyl (C=O) groups is 3. The van der Waals surface area contributed by atoms with Crippen molar-refractivity contribution in [3.63, 3.8) is 0 Å². The third-order valence-electron chi connectivity index (χ3n) is 7.19. The lowest BCUT2D eigenvalue weighted by Crippen LogP contribution is -2.47. The number of halogens is 1. The molecule has 2 aromatic rings. The van der Waals surface area contributed by atoms with Gasteiger partial charge in [0.2, 0.25) is 5.91 Å². The molecule has 2 aromatic carbocycles. The maximum absolute atomic E-state index is 13.4. The van der Waals surface area contributed by atoms with Gasteiger partial charge in [-0.05, 0) is 30.0 Å². The summed E-state index contributed by atoms with van der Waals surface area (Å²) < 4.78 is 0. The van der Waals surface area contributed by atoms with Gasteiger partial charge in [-0.1, -0.05) is 60.1 Å². The number of hydrogen-bond acceptors (Lipinski definition) is 4. The zero-order valence-corrected chi connectivity index (χ0v) is 21.0. The molecule has 0 spiro atoms. The fourth-order valence-electron chi connectivity index (χ4n) is 5.22. The third kappa shape index (κ3) is 4.96. The second kappa shape index (κ2) is 10.3. The first-order valence-corrected chi connectivity index (χ1v) is 12.6. The quantitative estimate of drug-likeness (QED) is 0.629. The molecule has 5 rings (SSSR count). The number of piperidine rings is 1. The Kier molecular flexibility index (Phi) is 6.98. The van der Waals surface area contributed by atoms with E-state index in [0.717, 1.165) is 32.5 Å². The van der Waals surface area contributed by atoms with Crippen LogP contribution in [-0.4, -0.2) is 71.8 Å². The maximum atomic E-state index is 13.4. The van der Waals surface area contributed by atoms with Crippen molar-refractivity contribution in [3.8, 4) is 0 Å². The van der Waals surface area contributed by atoms with Crippen LogP contribution in [0.25, 0.3) is 0 Å². The molecule has 0 saturated carbocycles. The number of benzene rings is 2. The second-order valence-corrected chi connectivity index (χ2v) is 10.00. The van der Waals surface area contributed by atoms with E-state index in [0.29, 0.717) is 21.9 Å². The van der Waals surface area contributed by atoms with Gasteiger partial charge in [-0.3, -0.25) is 19.4 Å². The van der Waals surface area contributed by atoms with Gasteiger partial charge in [0.25, 0.3) is 5.91 Å². The van der Waals surface area contributed by atoms with E-state index in [-0.39, 0.29) is 37.0 Å². The summed E-state index contributed by atoms with van der Waals surface area (Å²) in [5.74, 6) is -0.435. The highest BCUT2D eigenvalue weighted by molar-refractivity contribution is 6.31. The van der Waals surface area contributed by atoms with Crippen LogP contribution in [-0.2, 0) is 16.1 Å². The minimum atomic E-state index is -0.646. The van der Waals surface area contributed by atoms with Crippen molar-refractivity contribution >= 4 is 29.4 Å². The Morgan fingerprint density at radius 2 is 1.75 bits per heavy atom. The molecule has 0 radical (unpaired) electrons. The summed E-state index contributed by atoms with van der Waals surface area (Å²) in [7, 11) is 1.63. The Morgan fingerprint density at radius 1 is 1.06 bits per heavy atom. The van der Waals surface area contributed by atoms with Gasteiger partial charge >= 0.3 is 6.03 Å². The number of likely N-dealkylation sites (N-methyl/N-ethyl adjacent to an activating group) is 1. The summed E-state index contributed by atoms with van der Waals surface area (Å²) in [6, 6.07) is 16.7. The summed E-state index contributed by atoms with van der Waals surface area (Å²) in [5, 5.41) is 6.46. The second-order valence-electron chi connectivity index (χ2n) is 9.59. The molecular formula is C27H30ClN5O3. The molecule has 0 bridgehead atoms. The Hall–Kier alpha value is -3.36. The highest BCUT2D eigenvalue weighted by Gasteiger charge is 2.43. The van der Waals surface area contributed by atoms with Crippen LogP contribution in [0.5, 0.6) is 0 Å². The molecule has 188 valence electrons. The first-order valence-electron chi connectivity index (χ1n) is 12.3. The molecule has 0 aromatic heterocycles. The molecule has 3 aliphatic rings. The zero-order chi connectivity index (χ0) is 25.2. The number of nitrogens with zero attached hydrogens (tertiary/aromatic N) is 3. The lowest BCUT2D eigenvalue weighted by molar-refractivity contribution is -0.132. The maximum Gasteiger partial charge on any atom is 0.322 e. The van der Waals surface area contributed by atoms with Crippen LogP contribution in [0, 0.1) is 0 Å². The molecule has 3 heterocycles. The molecule has 1 unspecified atom stereocenters. The SMILES string of the molecule is CN1C(=O)NC(c2ccccc2Cl)C2=C1CN(CC(=O)NC1CCN(Cc3ccccc3)CC1)C2=O. The number of carbonyl (C=O) groups excluding carboxylic acids is 3. The number of hydrogen-bond donors (Lipinski definition) is 2. The lowest BCUT2D eigenvalue weighted by Gasteiger charge is -2.32. The van der Waals surface area contributed by atoms with Gasteiger partial charge in [-0.2, -0.15) is 0 Å². The predicted octanol–water partition coefficient (Wildman–Crippen LogP) is 2.91. The van der Waals surface area contributed by atoms with E-state index in [1.807, 2.05) is 12.1 Å².